The zero-order valence-electron chi connectivity index (χ0n) is 9.99. The van der Waals surface area contributed by atoms with E-state index in [0.717, 1.165) is 12.1 Å². The molecule has 0 aromatic heterocycles. The highest BCUT2D eigenvalue weighted by atomic mass is 16.5. The van der Waals surface area contributed by atoms with E-state index in [-0.39, 0.29) is 5.56 Å². The second kappa shape index (κ2) is 6.03. The van der Waals surface area contributed by atoms with Crippen molar-refractivity contribution >= 4 is 11.8 Å². The van der Waals surface area contributed by atoms with Crippen LogP contribution in [0.2, 0.25) is 0 Å². The fourth-order valence-electron chi connectivity index (χ4n) is 1.36. The average Bonchev–Trinajstić information content (AvgIpc) is 2.37. The van der Waals surface area contributed by atoms with Gasteiger partial charge in [0.25, 0.3) is 11.8 Å². The Morgan fingerprint density at radius 1 is 1.21 bits per heavy atom. The average molecular weight is 270 g/mol. The van der Waals surface area contributed by atoms with E-state index in [1.807, 2.05) is 0 Å². The molecule has 0 radical (unpaired) electrons. The number of hydroxylamine groups is 1. The van der Waals surface area contributed by atoms with Crippen LogP contribution in [0.1, 0.15) is 17.3 Å². The molecule has 0 saturated heterocycles. The van der Waals surface area contributed by atoms with Crippen molar-refractivity contribution in [2.45, 2.75) is 19.1 Å². The molecule has 0 bridgehead atoms. The molecule has 0 heterocycles. The first-order valence-electron chi connectivity index (χ1n) is 5.31. The van der Waals surface area contributed by atoms with Crippen molar-refractivity contribution in [1.29, 1.82) is 0 Å². The Balaban J connectivity index is 2.87. The summed E-state index contributed by atoms with van der Waals surface area (Å²) < 4.78 is 0. The van der Waals surface area contributed by atoms with Crippen LogP contribution >= 0.6 is 0 Å². The third kappa shape index (κ3) is 3.57. The number of phenolic OH excluding ortho intramolecular Hbond substituents is 2. The lowest BCUT2D eigenvalue weighted by atomic mass is 10.1. The summed E-state index contributed by atoms with van der Waals surface area (Å²) in [6.45, 7) is 1.26. The van der Waals surface area contributed by atoms with Gasteiger partial charge in [-0.1, -0.05) is 0 Å². The first kappa shape index (κ1) is 14.7. The molecule has 0 aliphatic carbocycles. The van der Waals surface area contributed by atoms with Gasteiger partial charge in [-0.05, 0) is 25.1 Å². The van der Waals surface area contributed by atoms with Gasteiger partial charge in [0.15, 0.2) is 11.5 Å². The number of hydrogen-bond acceptors (Lipinski definition) is 6. The van der Waals surface area contributed by atoms with E-state index >= 15 is 0 Å². The van der Waals surface area contributed by atoms with Crippen molar-refractivity contribution in [1.82, 2.24) is 10.8 Å². The third-order valence-corrected chi connectivity index (χ3v) is 2.40. The number of phenols is 2. The van der Waals surface area contributed by atoms with E-state index in [1.165, 1.54) is 18.5 Å². The highest BCUT2D eigenvalue weighted by Gasteiger charge is 2.25. The molecule has 19 heavy (non-hydrogen) atoms. The smallest absolute Gasteiger partial charge is 0.268 e. The van der Waals surface area contributed by atoms with Crippen molar-refractivity contribution in [3.8, 4) is 11.5 Å². The lowest BCUT2D eigenvalue weighted by Crippen LogP contribution is -2.51. The van der Waals surface area contributed by atoms with Crippen molar-refractivity contribution in [3.05, 3.63) is 23.8 Å². The SMILES string of the molecule is C[C@@H](O)[C@H](NC(=O)c1ccc(O)c(O)c1)C(=O)NO. The number of hydrogen-bond donors (Lipinski definition) is 6. The van der Waals surface area contributed by atoms with Gasteiger partial charge in [-0.3, -0.25) is 14.8 Å². The van der Waals surface area contributed by atoms with Crippen LogP contribution in [0.3, 0.4) is 0 Å². The summed E-state index contributed by atoms with van der Waals surface area (Å²) in [4.78, 5) is 23.0. The van der Waals surface area contributed by atoms with E-state index in [1.54, 1.807) is 0 Å². The minimum atomic E-state index is -1.35. The van der Waals surface area contributed by atoms with Crippen LogP contribution < -0.4 is 10.8 Å². The zero-order valence-corrected chi connectivity index (χ0v) is 9.99. The van der Waals surface area contributed by atoms with E-state index in [2.05, 4.69) is 5.32 Å². The van der Waals surface area contributed by atoms with Crippen LogP contribution in [0, 0.1) is 0 Å². The van der Waals surface area contributed by atoms with Crippen molar-refractivity contribution in [2.24, 2.45) is 0 Å². The maximum absolute atomic E-state index is 11.8. The number of nitrogens with one attached hydrogen (secondary N) is 2. The van der Waals surface area contributed by atoms with Crippen molar-refractivity contribution < 1.29 is 30.1 Å². The zero-order chi connectivity index (χ0) is 14.6. The molecule has 2 amide bonds. The van der Waals surface area contributed by atoms with Crippen LogP contribution in [-0.4, -0.2) is 44.5 Å². The van der Waals surface area contributed by atoms with E-state index in [9.17, 15) is 19.8 Å². The number of rotatable bonds is 4. The summed E-state index contributed by atoms with van der Waals surface area (Å²) >= 11 is 0. The normalized spacial score (nSPS) is 13.4. The van der Waals surface area contributed by atoms with Crippen LogP contribution in [0.4, 0.5) is 0 Å². The fraction of sp³-hybridized carbons (Fsp3) is 0.273. The number of carbonyl (C=O) groups excluding carboxylic acids is 2. The molecule has 0 fully saturated rings. The summed E-state index contributed by atoms with van der Waals surface area (Å²) in [5.41, 5.74) is 1.30. The molecule has 1 aromatic rings. The molecule has 8 nitrogen and oxygen atoms in total. The second-order valence-corrected chi connectivity index (χ2v) is 3.87. The van der Waals surface area contributed by atoms with Crippen LogP contribution in [0.15, 0.2) is 18.2 Å². The van der Waals surface area contributed by atoms with Gasteiger partial charge in [-0.25, -0.2) is 5.48 Å². The molecular formula is C11H14N2O6. The second-order valence-electron chi connectivity index (χ2n) is 3.87. The van der Waals surface area contributed by atoms with Gasteiger partial charge >= 0.3 is 0 Å². The Hall–Kier alpha value is -2.32. The molecular weight excluding hydrogens is 256 g/mol. The summed E-state index contributed by atoms with van der Waals surface area (Å²) in [7, 11) is 0. The molecule has 0 spiro atoms. The Morgan fingerprint density at radius 3 is 2.32 bits per heavy atom. The first-order valence-corrected chi connectivity index (χ1v) is 5.31. The lowest BCUT2D eigenvalue weighted by Gasteiger charge is -2.19. The van der Waals surface area contributed by atoms with E-state index in [4.69, 9.17) is 10.3 Å². The number of carbonyl (C=O) groups is 2. The molecule has 104 valence electrons. The molecule has 0 unspecified atom stereocenters. The first-order chi connectivity index (χ1) is 8.86. The van der Waals surface area contributed by atoms with Crippen LogP contribution in [0.25, 0.3) is 0 Å². The Kier molecular flexibility index (Phi) is 4.67. The molecule has 0 aliphatic heterocycles. The van der Waals surface area contributed by atoms with E-state index in [0.29, 0.717) is 0 Å². The number of benzene rings is 1. The Labute approximate surface area is 108 Å². The van der Waals surface area contributed by atoms with E-state index < -0.39 is 35.5 Å². The lowest BCUT2D eigenvalue weighted by molar-refractivity contribution is -0.133. The molecule has 1 rings (SSSR count). The molecule has 2 atom stereocenters. The van der Waals surface area contributed by atoms with Gasteiger partial charge < -0.3 is 20.6 Å². The number of aliphatic hydroxyl groups is 1. The predicted octanol–water partition coefficient (Wildman–Crippen LogP) is -0.918. The predicted molar refractivity (Wildman–Crippen MR) is 62.6 cm³/mol. The molecule has 1 aromatic carbocycles. The van der Waals surface area contributed by atoms with Gasteiger partial charge in [-0.2, -0.15) is 0 Å². The summed E-state index contributed by atoms with van der Waals surface area (Å²) in [6, 6.07) is 1.97. The van der Waals surface area contributed by atoms with Crippen molar-refractivity contribution in [2.75, 3.05) is 0 Å². The molecule has 6 N–H and O–H groups in total. The fourth-order valence-corrected chi connectivity index (χ4v) is 1.36. The van der Waals surface area contributed by atoms with Crippen LogP contribution in [0.5, 0.6) is 11.5 Å². The largest absolute Gasteiger partial charge is 0.504 e. The maximum atomic E-state index is 11.8. The molecule has 0 aliphatic rings. The van der Waals surface area contributed by atoms with Gasteiger partial charge in [0, 0.05) is 5.56 Å². The Morgan fingerprint density at radius 2 is 1.84 bits per heavy atom. The molecule has 8 heteroatoms. The van der Waals surface area contributed by atoms with Gasteiger partial charge in [0.05, 0.1) is 6.10 Å². The molecule has 0 saturated carbocycles. The number of amides is 2. The topological polar surface area (TPSA) is 139 Å². The summed E-state index contributed by atoms with van der Waals surface area (Å²) in [5.74, 6) is -2.62. The number of aliphatic hydroxyl groups excluding tert-OH is 1. The van der Waals surface area contributed by atoms with Gasteiger partial charge in [0.1, 0.15) is 6.04 Å². The summed E-state index contributed by atoms with van der Waals surface area (Å²) in [5, 5.41) is 38.3. The van der Waals surface area contributed by atoms with Gasteiger partial charge in [-0.15, -0.1) is 0 Å². The summed E-state index contributed by atoms with van der Waals surface area (Å²) in [6.07, 6.45) is -1.23. The third-order valence-electron chi connectivity index (χ3n) is 2.40. The quantitative estimate of drug-likeness (QED) is 0.238. The minimum absolute atomic E-state index is 0.0216. The highest BCUT2D eigenvalue weighted by Crippen LogP contribution is 2.24. The van der Waals surface area contributed by atoms with Crippen LogP contribution in [-0.2, 0) is 4.79 Å². The highest BCUT2D eigenvalue weighted by molar-refractivity contribution is 5.98. The minimum Gasteiger partial charge on any atom is -0.504 e. The van der Waals surface area contributed by atoms with Gasteiger partial charge in [0.2, 0.25) is 0 Å². The standard InChI is InChI=1S/C11H14N2O6/c1-5(14)9(11(18)13-19)12-10(17)6-2-3-7(15)8(16)4-6/h2-5,9,14-16,19H,1H3,(H,12,17)(H,13,18)/t5-,9+/m1/s1. The number of aromatic hydroxyl groups is 2. The Bertz CT molecular complexity index is 488. The maximum Gasteiger partial charge on any atom is 0.268 e. The monoisotopic (exact) mass is 270 g/mol. The van der Waals surface area contributed by atoms with Crippen molar-refractivity contribution in [3.63, 3.8) is 0 Å².